The molecule has 7 heteroatoms. The number of amides is 1. The van der Waals surface area contributed by atoms with Crippen LogP contribution in [0.3, 0.4) is 0 Å². The van der Waals surface area contributed by atoms with Crippen molar-refractivity contribution >= 4 is 23.4 Å². The molecule has 2 rings (SSSR count). The molecule has 1 aromatic rings. The van der Waals surface area contributed by atoms with Crippen molar-refractivity contribution in [2.75, 3.05) is 32.1 Å². The molecule has 1 aliphatic rings. The Hall–Kier alpha value is -1.18. The number of anilines is 1. The summed E-state index contributed by atoms with van der Waals surface area (Å²) in [5.41, 5.74) is 0.0776. The molecule has 0 atom stereocenters. The van der Waals surface area contributed by atoms with E-state index in [1.165, 1.54) is 0 Å². The second-order valence-corrected chi connectivity index (χ2v) is 6.38. The van der Waals surface area contributed by atoms with Crippen LogP contribution in [0, 0.1) is 5.41 Å². The molecule has 1 aliphatic heterocycles. The SMILES string of the molecule is COCC1(C(=O)Nc2ccc(SC(F)F)cc2)CCNCC1. The summed E-state index contributed by atoms with van der Waals surface area (Å²) in [5, 5.41) is 6.11. The first kappa shape index (κ1) is 17.2. The van der Waals surface area contributed by atoms with Crippen LogP contribution in [-0.4, -0.2) is 38.5 Å². The van der Waals surface area contributed by atoms with Crippen molar-refractivity contribution in [3.05, 3.63) is 24.3 Å². The molecule has 1 saturated heterocycles. The molecular weight excluding hydrogens is 310 g/mol. The number of nitrogens with one attached hydrogen (secondary N) is 2. The third-order valence-corrected chi connectivity index (χ3v) is 4.52. The summed E-state index contributed by atoms with van der Waals surface area (Å²) in [7, 11) is 1.59. The summed E-state index contributed by atoms with van der Waals surface area (Å²) in [6.07, 6.45) is 1.43. The molecule has 0 aromatic heterocycles. The van der Waals surface area contributed by atoms with Gasteiger partial charge in [-0.3, -0.25) is 4.79 Å². The molecule has 2 N–H and O–H groups in total. The minimum atomic E-state index is -2.44. The fourth-order valence-corrected chi connectivity index (χ4v) is 3.10. The van der Waals surface area contributed by atoms with Crippen LogP contribution in [0.5, 0.6) is 0 Å². The highest BCUT2D eigenvalue weighted by Gasteiger charge is 2.39. The normalized spacial score (nSPS) is 17.5. The number of carbonyl (C=O) groups excluding carboxylic acids is 1. The van der Waals surface area contributed by atoms with Gasteiger partial charge in [-0.15, -0.1) is 0 Å². The van der Waals surface area contributed by atoms with E-state index in [4.69, 9.17) is 4.74 Å². The van der Waals surface area contributed by atoms with Gasteiger partial charge in [-0.1, -0.05) is 11.8 Å². The Kier molecular flexibility index (Phi) is 6.16. The first-order valence-corrected chi connectivity index (χ1v) is 8.00. The zero-order valence-corrected chi connectivity index (χ0v) is 13.2. The maximum absolute atomic E-state index is 12.6. The van der Waals surface area contributed by atoms with E-state index in [1.807, 2.05) is 0 Å². The van der Waals surface area contributed by atoms with Gasteiger partial charge in [0.1, 0.15) is 0 Å². The van der Waals surface area contributed by atoms with Crippen LogP contribution in [-0.2, 0) is 9.53 Å². The van der Waals surface area contributed by atoms with Crippen molar-refractivity contribution in [1.82, 2.24) is 5.32 Å². The van der Waals surface area contributed by atoms with Gasteiger partial charge in [0.15, 0.2) is 0 Å². The van der Waals surface area contributed by atoms with Crippen LogP contribution in [0.2, 0.25) is 0 Å². The summed E-state index contributed by atoms with van der Waals surface area (Å²) in [5.74, 6) is -2.52. The van der Waals surface area contributed by atoms with Crippen molar-refractivity contribution < 1.29 is 18.3 Å². The number of hydrogen-bond donors (Lipinski definition) is 2. The summed E-state index contributed by atoms with van der Waals surface area (Å²) in [4.78, 5) is 13.1. The van der Waals surface area contributed by atoms with Gasteiger partial charge < -0.3 is 15.4 Å². The molecular formula is C15H20F2N2O2S. The van der Waals surface area contributed by atoms with Gasteiger partial charge >= 0.3 is 0 Å². The predicted octanol–water partition coefficient (Wildman–Crippen LogP) is 2.96. The lowest BCUT2D eigenvalue weighted by Crippen LogP contribution is -2.47. The first-order valence-electron chi connectivity index (χ1n) is 7.12. The van der Waals surface area contributed by atoms with Gasteiger partial charge in [-0.2, -0.15) is 8.78 Å². The Morgan fingerprint density at radius 1 is 1.36 bits per heavy atom. The average molecular weight is 330 g/mol. The van der Waals surface area contributed by atoms with Crippen LogP contribution in [0.25, 0.3) is 0 Å². The highest BCUT2D eigenvalue weighted by atomic mass is 32.2. The third-order valence-electron chi connectivity index (χ3n) is 3.80. The van der Waals surface area contributed by atoms with Crippen molar-refractivity contribution in [1.29, 1.82) is 0 Å². The minimum Gasteiger partial charge on any atom is -0.384 e. The molecule has 22 heavy (non-hydrogen) atoms. The lowest BCUT2D eigenvalue weighted by Gasteiger charge is -2.35. The molecule has 0 radical (unpaired) electrons. The molecule has 0 aliphatic carbocycles. The smallest absolute Gasteiger partial charge is 0.288 e. The standard InChI is InChI=1S/C15H20F2N2O2S/c1-21-10-15(6-8-18-9-7-15)13(20)19-11-2-4-12(5-3-11)22-14(16)17/h2-5,14,18H,6-10H2,1H3,(H,19,20). The zero-order valence-electron chi connectivity index (χ0n) is 12.4. The van der Waals surface area contributed by atoms with E-state index in [-0.39, 0.29) is 5.91 Å². The molecule has 4 nitrogen and oxygen atoms in total. The molecule has 122 valence electrons. The van der Waals surface area contributed by atoms with E-state index in [2.05, 4.69) is 10.6 Å². The number of thioether (sulfide) groups is 1. The number of rotatable bonds is 6. The lowest BCUT2D eigenvalue weighted by molar-refractivity contribution is -0.130. The van der Waals surface area contributed by atoms with Crippen molar-refractivity contribution in [2.24, 2.45) is 5.41 Å². The van der Waals surface area contributed by atoms with Crippen molar-refractivity contribution in [3.63, 3.8) is 0 Å². The largest absolute Gasteiger partial charge is 0.384 e. The summed E-state index contributed by atoms with van der Waals surface area (Å²) in [6, 6.07) is 6.45. The number of methoxy groups -OCH3 is 1. The fourth-order valence-electron chi connectivity index (χ4n) is 2.60. The number of hydrogen-bond acceptors (Lipinski definition) is 4. The monoisotopic (exact) mass is 330 g/mol. The van der Waals surface area contributed by atoms with Crippen molar-refractivity contribution in [2.45, 2.75) is 23.5 Å². The van der Waals surface area contributed by atoms with Crippen molar-refractivity contribution in [3.8, 4) is 0 Å². The maximum Gasteiger partial charge on any atom is 0.288 e. The molecule has 1 heterocycles. The second-order valence-electron chi connectivity index (χ2n) is 5.32. The summed E-state index contributed by atoms with van der Waals surface area (Å²) in [6.45, 7) is 1.93. The van der Waals surface area contributed by atoms with Gasteiger partial charge in [-0.25, -0.2) is 0 Å². The van der Waals surface area contributed by atoms with Crippen LogP contribution < -0.4 is 10.6 Å². The van der Waals surface area contributed by atoms with Gasteiger partial charge in [0.05, 0.1) is 12.0 Å². The second kappa shape index (κ2) is 7.89. The highest BCUT2D eigenvalue weighted by molar-refractivity contribution is 7.99. The Balaban J connectivity index is 2.03. The molecule has 1 fully saturated rings. The maximum atomic E-state index is 12.6. The molecule has 0 spiro atoms. The van der Waals surface area contributed by atoms with Gasteiger partial charge in [0, 0.05) is 17.7 Å². The average Bonchev–Trinajstić information content (AvgIpc) is 2.50. The third kappa shape index (κ3) is 4.41. The Morgan fingerprint density at radius 2 is 2.00 bits per heavy atom. The van der Waals surface area contributed by atoms with E-state index in [1.54, 1.807) is 31.4 Å². The Morgan fingerprint density at radius 3 is 2.55 bits per heavy atom. The first-order chi connectivity index (χ1) is 10.6. The topological polar surface area (TPSA) is 50.4 Å². The van der Waals surface area contributed by atoms with Gasteiger partial charge in [0.2, 0.25) is 5.91 Å². The number of carbonyl (C=O) groups is 1. The number of ether oxygens (including phenoxy) is 1. The van der Waals surface area contributed by atoms with Crippen LogP contribution in [0.15, 0.2) is 29.2 Å². The lowest BCUT2D eigenvalue weighted by atomic mass is 9.78. The van der Waals surface area contributed by atoms with E-state index >= 15 is 0 Å². The van der Waals surface area contributed by atoms with E-state index in [9.17, 15) is 13.6 Å². The minimum absolute atomic E-state index is 0.0786. The number of alkyl halides is 2. The number of piperidine rings is 1. The quantitative estimate of drug-likeness (QED) is 0.788. The van der Waals surface area contributed by atoms with Crippen LogP contribution >= 0.6 is 11.8 Å². The van der Waals surface area contributed by atoms with E-state index < -0.39 is 11.2 Å². The van der Waals surface area contributed by atoms with Gasteiger partial charge in [0.25, 0.3) is 5.76 Å². The number of halogens is 2. The zero-order chi connectivity index (χ0) is 16.0. The summed E-state index contributed by atoms with van der Waals surface area (Å²) < 4.78 is 29.8. The molecule has 0 unspecified atom stereocenters. The predicted molar refractivity (Wildman–Crippen MR) is 83.3 cm³/mol. The Bertz CT molecular complexity index is 485. The molecule has 0 bridgehead atoms. The fraction of sp³-hybridized carbons (Fsp3) is 0.533. The highest BCUT2D eigenvalue weighted by Crippen LogP contribution is 2.31. The molecule has 1 amide bonds. The van der Waals surface area contributed by atoms with Gasteiger partial charge in [-0.05, 0) is 50.2 Å². The van der Waals surface area contributed by atoms with Crippen LogP contribution in [0.4, 0.5) is 14.5 Å². The Labute approximate surface area is 133 Å². The van der Waals surface area contributed by atoms with Crippen LogP contribution in [0.1, 0.15) is 12.8 Å². The number of benzene rings is 1. The molecule has 0 saturated carbocycles. The van der Waals surface area contributed by atoms with E-state index in [0.717, 1.165) is 13.1 Å². The molecule has 1 aromatic carbocycles. The van der Waals surface area contributed by atoms with E-state index in [0.29, 0.717) is 41.8 Å². The summed E-state index contributed by atoms with van der Waals surface area (Å²) >= 11 is 0.487.